The van der Waals surface area contributed by atoms with Crippen molar-refractivity contribution < 1.29 is 9.53 Å². The van der Waals surface area contributed by atoms with Gasteiger partial charge < -0.3 is 20.7 Å². The van der Waals surface area contributed by atoms with E-state index in [2.05, 4.69) is 20.9 Å². The Morgan fingerprint density at radius 2 is 1.78 bits per heavy atom. The summed E-state index contributed by atoms with van der Waals surface area (Å²) in [5, 5.41) is 9.36. The maximum atomic E-state index is 11.8. The number of hydrogen-bond donors (Lipinski definition) is 3. The van der Waals surface area contributed by atoms with Crippen LogP contribution in [0.5, 0.6) is 0 Å². The molecule has 1 fully saturated rings. The summed E-state index contributed by atoms with van der Waals surface area (Å²) >= 11 is 0. The first kappa shape index (κ1) is 22.4. The fourth-order valence-electron chi connectivity index (χ4n) is 2.52. The molecule has 6 nitrogen and oxygen atoms in total. The third-order valence-electron chi connectivity index (χ3n) is 4.15. The summed E-state index contributed by atoms with van der Waals surface area (Å²) in [6.45, 7) is 5.95. The molecule has 136 valence electrons. The van der Waals surface area contributed by atoms with Crippen LogP contribution in [-0.2, 0) is 9.53 Å². The monoisotopic (exact) mass is 440 g/mol. The second-order valence-electron chi connectivity index (χ2n) is 6.52. The van der Waals surface area contributed by atoms with Gasteiger partial charge in [-0.3, -0.25) is 9.79 Å². The molecule has 1 rings (SSSR count). The van der Waals surface area contributed by atoms with Gasteiger partial charge in [-0.05, 0) is 32.6 Å². The summed E-state index contributed by atoms with van der Waals surface area (Å²) < 4.78 is 5.35. The van der Waals surface area contributed by atoms with Crippen LogP contribution in [0.1, 0.15) is 46.0 Å². The molecule has 0 aromatic carbocycles. The molecule has 0 heterocycles. The SMILES string of the molecule is CN=C(NCCNC(=O)CC1CCCC1)NCC(C)(C)OC.I. The Labute approximate surface area is 157 Å². The van der Waals surface area contributed by atoms with Crippen molar-refractivity contribution in [3.8, 4) is 0 Å². The largest absolute Gasteiger partial charge is 0.377 e. The lowest BCUT2D eigenvalue weighted by Crippen LogP contribution is -2.46. The zero-order valence-corrected chi connectivity index (χ0v) is 17.2. The smallest absolute Gasteiger partial charge is 0.220 e. The highest BCUT2D eigenvalue weighted by molar-refractivity contribution is 14.0. The van der Waals surface area contributed by atoms with Crippen LogP contribution >= 0.6 is 24.0 Å². The number of halogens is 1. The standard InChI is InChI=1S/C16H32N4O2.HI/c1-16(2,22-4)12-20-15(17-3)19-10-9-18-14(21)11-13-7-5-6-8-13;/h13H,5-12H2,1-4H3,(H,18,21)(H2,17,19,20);1H. The number of ether oxygens (including phenoxy) is 1. The van der Waals surface area contributed by atoms with Gasteiger partial charge >= 0.3 is 0 Å². The van der Waals surface area contributed by atoms with Gasteiger partial charge in [-0.1, -0.05) is 12.8 Å². The van der Waals surface area contributed by atoms with Gasteiger partial charge in [-0.2, -0.15) is 0 Å². The molecule has 0 aromatic heterocycles. The molecule has 0 saturated heterocycles. The third kappa shape index (κ3) is 10.0. The van der Waals surface area contributed by atoms with Gasteiger partial charge in [0.15, 0.2) is 5.96 Å². The number of aliphatic imine (C=N–C) groups is 1. The molecular weight excluding hydrogens is 407 g/mol. The Hall–Kier alpha value is -0.570. The molecule has 0 spiro atoms. The van der Waals surface area contributed by atoms with Crippen molar-refractivity contribution in [3.63, 3.8) is 0 Å². The van der Waals surface area contributed by atoms with Crippen LogP contribution in [0.4, 0.5) is 0 Å². The lowest BCUT2D eigenvalue weighted by Gasteiger charge is -2.24. The number of hydrogen-bond acceptors (Lipinski definition) is 3. The molecule has 0 aliphatic heterocycles. The van der Waals surface area contributed by atoms with Crippen molar-refractivity contribution in [2.75, 3.05) is 33.8 Å². The van der Waals surface area contributed by atoms with E-state index in [9.17, 15) is 4.79 Å². The van der Waals surface area contributed by atoms with Gasteiger partial charge in [0, 0.05) is 40.2 Å². The minimum atomic E-state index is -0.243. The minimum absolute atomic E-state index is 0. The molecular formula is C16H33IN4O2. The van der Waals surface area contributed by atoms with Crippen molar-refractivity contribution in [3.05, 3.63) is 0 Å². The maximum absolute atomic E-state index is 11.8. The fraction of sp³-hybridized carbons (Fsp3) is 0.875. The Morgan fingerprint density at radius 1 is 1.17 bits per heavy atom. The highest BCUT2D eigenvalue weighted by atomic mass is 127. The van der Waals surface area contributed by atoms with Crippen LogP contribution in [0.2, 0.25) is 0 Å². The van der Waals surface area contributed by atoms with E-state index in [1.54, 1.807) is 14.2 Å². The van der Waals surface area contributed by atoms with Gasteiger partial charge in [-0.25, -0.2) is 0 Å². The Balaban J connectivity index is 0.00000484. The van der Waals surface area contributed by atoms with Crippen LogP contribution in [0.3, 0.4) is 0 Å². The third-order valence-corrected chi connectivity index (χ3v) is 4.15. The molecule has 1 amide bonds. The van der Waals surface area contributed by atoms with Crippen molar-refractivity contribution >= 4 is 35.8 Å². The average molecular weight is 440 g/mol. The lowest BCUT2D eigenvalue weighted by atomic mass is 10.0. The van der Waals surface area contributed by atoms with Crippen LogP contribution < -0.4 is 16.0 Å². The van der Waals surface area contributed by atoms with Gasteiger partial charge in [-0.15, -0.1) is 24.0 Å². The predicted octanol–water partition coefficient (Wildman–Crippen LogP) is 1.89. The summed E-state index contributed by atoms with van der Waals surface area (Å²) in [5.41, 5.74) is -0.243. The molecule has 1 saturated carbocycles. The molecule has 1 aliphatic rings. The van der Waals surface area contributed by atoms with Gasteiger partial charge in [0.2, 0.25) is 5.91 Å². The number of nitrogens with zero attached hydrogens (tertiary/aromatic N) is 1. The fourth-order valence-corrected chi connectivity index (χ4v) is 2.52. The maximum Gasteiger partial charge on any atom is 0.220 e. The van der Waals surface area contributed by atoms with E-state index >= 15 is 0 Å². The Bertz CT molecular complexity index is 369. The molecule has 0 unspecified atom stereocenters. The first-order valence-corrected chi connectivity index (χ1v) is 8.23. The molecule has 0 atom stereocenters. The molecule has 0 radical (unpaired) electrons. The van der Waals surface area contributed by atoms with Crippen LogP contribution in [0.15, 0.2) is 4.99 Å². The minimum Gasteiger partial charge on any atom is -0.377 e. The normalized spacial score (nSPS) is 15.9. The number of nitrogens with one attached hydrogen (secondary N) is 3. The van der Waals surface area contributed by atoms with Crippen LogP contribution in [-0.4, -0.2) is 51.3 Å². The van der Waals surface area contributed by atoms with E-state index < -0.39 is 0 Å². The Morgan fingerprint density at radius 3 is 2.35 bits per heavy atom. The van der Waals surface area contributed by atoms with Crippen molar-refractivity contribution in [1.29, 1.82) is 0 Å². The van der Waals surface area contributed by atoms with Crippen molar-refractivity contribution in [1.82, 2.24) is 16.0 Å². The second-order valence-corrected chi connectivity index (χ2v) is 6.52. The number of rotatable bonds is 8. The summed E-state index contributed by atoms with van der Waals surface area (Å²) in [7, 11) is 3.42. The molecule has 23 heavy (non-hydrogen) atoms. The Kier molecular flexibility index (Phi) is 11.6. The topological polar surface area (TPSA) is 74.8 Å². The van der Waals surface area contributed by atoms with E-state index in [0.29, 0.717) is 32.0 Å². The molecule has 1 aliphatic carbocycles. The summed E-state index contributed by atoms with van der Waals surface area (Å²) in [4.78, 5) is 16.0. The van der Waals surface area contributed by atoms with Crippen LogP contribution in [0.25, 0.3) is 0 Å². The summed E-state index contributed by atoms with van der Waals surface area (Å²) in [6.07, 6.45) is 5.64. The van der Waals surface area contributed by atoms with E-state index in [1.165, 1.54) is 25.7 Å². The molecule has 0 aromatic rings. The highest BCUT2D eigenvalue weighted by Crippen LogP contribution is 2.27. The van der Waals surface area contributed by atoms with Crippen LogP contribution in [0, 0.1) is 5.92 Å². The first-order valence-electron chi connectivity index (χ1n) is 8.23. The number of amides is 1. The van der Waals surface area contributed by atoms with E-state index in [1.807, 2.05) is 13.8 Å². The average Bonchev–Trinajstić information content (AvgIpc) is 2.99. The number of guanidine groups is 1. The zero-order valence-electron chi connectivity index (χ0n) is 14.9. The molecule has 3 N–H and O–H groups in total. The molecule has 7 heteroatoms. The van der Waals surface area contributed by atoms with Crippen molar-refractivity contribution in [2.45, 2.75) is 51.6 Å². The number of carbonyl (C=O) groups is 1. The van der Waals surface area contributed by atoms with E-state index in [-0.39, 0.29) is 35.5 Å². The highest BCUT2D eigenvalue weighted by Gasteiger charge is 2.18. The summed E-state index contributed by atoms with van der Waals surface area (Å²) in [5.74, 6) is 1.48. The van der Waals surface area contributed by atoms with Gasteiger partial charge in [0.05, 0.1) is 5.60 Å². The van der Waals surface area contributed by atoms with E-state index in [0.717, 1.165) is 5.96 Å². The van der Waals surface area contributed by atoms with Gasteiger partial charge in [0.1, 0.15) is 0 Å². The van der Waals surface area contributed by atoms with Gasteiger partial charge in [0.25, 0.3) is 0 Å². The molecule has 0 bridgehead atoms. The number of methoxy groups -OCH3 is 1. The quantitative estimate of drug-likeness (QED) is 0.233. The first-order chi connectivity index (χ1) is 10.5. The van der Waals surface area contributed by atoms with Crippen molar-refractivity contribution in [2.24, 2.45) is 10.9 Å². The van der Waals surface area contributed by atoms with E-state index in [4.69, 9.17) is 4.74 Å². The lowest BCUT2D eigenvalue weighted by molar-refractivity contribution is -0.121. The zero-order chi connectivity index (χ0) is 16.4. The summed E-state index contributed by atoms with van der Waals surface area (Å²) in [6, 6.07) is 0. The predicted molar refractivity (Wildman–Crippen MR) is 105 cm³/mol. The number of carbonyl (C=O) groups excluding carboxylic acids is 1. The second kappa shape index (κ2) is 11.9.